The highest BCUT2D eigenvalue weighted by atomic mass is 35.5. The lowest BCUT2D eigenvalue weighted by Crippen LogP contribution is -2.33. The highest BCUT2D eigenvalue weighted by Gasteiger charge is 2.41. The third-order valence-corrected chi connectivity index (χ3v) is 4.49. The summed E-state index contributed by atoms with van der Waals surface area (Å²) in [4.78, 5) is 4.23. The SMILES string of the molecule is CNC1(COc2cncc(-c3c(Cl)cccc3Cl)c2)CC1. The molecule has 1 heterocycles. The summed E-state index contributed by atoms with van der Waals surface area (Å²) in [6.45, 7) is 0.644. The molecule has 2 aromatic rings. The number of ether oxygens (including phenoxy) is 1. The van der Waals surface area contributed by atoms with E-state index in [1.54, 1.807) is 12.4 Å². The van der Waals surface area contributed by atoms with Crippen LogP contribution in [0.3, 0.4) is 0 Å². The Labute approximate surface area is 134 Å². The fourth-order valence-corrected chi connectivity index (χ4v) is 2.86. The van der Waals surface area contributed by atoms with Crippen molar-refractivity contribution in [3.8, 4) is 16.9 Å². The second-order valence-electron chi connectivity index (χ2n) is 5.32. The number of hydrogen-bond acceptors (Lipinski definition) is 3. The van der Waals surface area contributed by atoms with Crippen molar-refractivity contribution >= 4 is 23.2 Å². The van der Waals surface area contributed by atoms with Crippen molar-refractivity contribution in [2.45, 2.75) is 18.4 Å². The molecule has 3 rings (SSSR count). The first kappa shape index (κ1) is 14.6. The standard InChI is InChI=1S/C16H16Cl2N2O/c1-19-16(5-6-16)10-21-12-7-11(8-20-9-12)15-13(17)3-2-4-14(15)18/h2-4,7-9,19H,5-6,10H2,1H3. The van der Waals surface area contributed by atoms with Gasteiger partial charge in [0.15, 0.2) is 0 Å². The quantitative estimate of drug-likeness (QED) is 0.896. The summed E-state index contributed by atoms with van der Waals surface area (Å²) < 4.78 is 5.85. The van der Waals surface area contributed by atoms with E-state index in [1.165, 1.54) is 0 Å². The fraction of sp³-hybridized carbons (Fsp3) is 0.312. The number of nitrogens with one attached hydrogen (secondary N) is 1. The van der Waals surface area contributed by atoms with E-state index in [1.807, 2.05) is 31.3 Å². The van der Waals surface area contributed by atoms with Crippen LogP contribution >= 0.6 is 23.2 Å². The Balaban J connectivity index is 1.83. The van der Waals surface area contributed by atoms with E-state index in [4.69, 9.17) is 27.9 Å². The van der Waals surface area contributed by atoms with E-state index >= 15 is 0 Å². The third kappa shape index (κ3) is 3.15. The highest BCUT2D eigenvalue weighted by molar-refractivity contribution is 6.39. The smallest absolute Gasteiger partial charge is 0.138 e. The van der Waals surface area contributed by atoms with Gasteiger partial charge < -0.3 is 10.1 Å². The van der Waals surface area contributed by atoms with Crippen molar-refractivity contribution < 1.29 is 4.74 Å². The van der Waals surface area contributed by atoms with Crippen molar-refractivity contribution in [1.82, 2.24) is 10.3 Å². The minimum absolute atomic E-state index is 0.137. The lowest BCUT2D eigenvalue weighted by molar-refractivity contribution is 0.259. The Hall–Kier alpha value is -1.29. The summed E-state index contributed by atoms with van der Waals surface area (Å²) in [5, 5.41) is 4.51. The topological polar surface area (TPSA) is 34.1 Å². The van der Waals surface area contributed by atoms with Crippen molar-refractivity contribution in [3.63, 3.8) is 0 Å². The summed E-state index contributed by atoms with van der Waals surface area (Å²) in [6.07, 6.45) is 5.74. The van der Waals surface area contributed by atoms with E-state index in [0.29, 0.717) is 16.7 Å². The number of aromatic nitrogens is 1. The molecule has 0 spiro atoms. The van der Waals surface area contributed by atoms with Gasteiger partial charge >= 0.3 is 0 Å². The molecule has 0 saturated heterocycles. The van der Waals surface area contributed by atoms with Gasteiger partial charge in [0.1, 0.15) is 12.4 Å². The van der Waals surface area contributed by atoms with E-state index in [-0.39, 0.29) is 5.54 Å². The van der Waals surface area contributed by atoms with Gasteiger partial charge in [-0.1, -0.05) is 29.3 Å². The van der Waals surface area contributed by atoms with Gasteiger partial charge in [-0.3, -0.25) is 4.98 Å². The summed E-state index contributed by atoms with van der Waals surface area (Å²) in [7, 11) is 1.97. The zero-order chi connectivity index (χ0) is 14.9. The predicted molar refractivity (Wildman–Crippen MR) is 86.2 cm³/mol. The van der Waals surface area contributed by atoms with Gasteiger partial charge in [-0.25, -0.2) is 0 Å². The molecule has 0 amide bonds. The molecular formula is C16H16Cl2N2O. The monoisotopic (exact) mass is 322 g/mol. The number of benzene rings is 1. The molecule has 21 heavy (non-hydrogen) atoms. The van der Waals surface area contributed by atoms with Crippen molar-refractivity contribution in [1.29, 1.82) is 0 Å². The van der Waals surface area contributed by atoms with Crippen LogP contribution in [0.25, 0.3) is 11.1 Å². The highest BCUT2D eigenvalue weighted by Crippen LogP contribution is 2.37. The van der Waals surface area contributed by atoms with Gasteiger partial charge in [0.25, 0.3) is 0 Å². The second kappa shape index (κ2) is 5.84. The molecule has 5 heteroatoms. The van der Waals surface area contributed by atoms with Gasteiger partial charge in [-0.15, -0.1) is 0 Å². The molecule has 0 atom stereocenters. The first-order chi connectivity index (χ1) is 10.1. The molecule has 1 aromatic carbocycles. The molecule has 0 radical (unpaired) electrons. The van der Waals surface area contributed by atoms with Crippen molar-refractivity contribution in [2.24, 2.45) is 0 Å². The maximum atomic E-state index is 6.24. The van der Waals surface area contributed by atoms with Crippen LogP contribution < -0.4 is 10.1 Å². The molecule has 3 nitrogen and oxygen atoms in total. The van der Waals surface area contributed by atoms with Gasteiger partial charge in [0.05, 0.1) is 11.7 Å². The third-order valence-electron chi connectivity index (χ3n) is 3.86. The van der Waals surface area contributed by atoms with Crippen LogP contribution in [0.1, 0.15) is 12.8 Å². The molecule has 1 aliphatic carbocycles. The molecule has 1 aromatic heterocycles. The number of likely N-dealkylation sites (N-methyl/N-ethyl adjacent to an activating group) is 1. The summed E-state index contributed by atoms with van der Waals surface area (Å²) in [6, 6.07) is 7.38. The Morgan fingerprint density at radius 3 is 2.57 bits per heavy atom. The number of halogens is 2. The van der Waals surface area contributed by atoms with Gasteiger partial charge in [0, 0.05) is 27.4 Å². The van der Waals surface area contributed by atoms with Gasteiger partial charge in [-0.2, -0.15) is 0 Å². The molecule has 1 fully saturated rings. The molecule has 1 N–H and O–H groups in total. The molecule has 1 aliphatic rings. The molecule has 0 unspecified atom stereocenters. The lowest BCUT2D eigenvalue weighted by atomic mass is 10.1. The van der Waals surface area contributed by atoms with Crippen LogP contribution in [0.5, 0.6) is 5.75 Å². The van der Waals surface area contributed by atoms with E-state index < -0.39 is 0 Å². The largest absolute Gasteiger partial charge is 0.490 e. The zero-order valence-electron chi connectivity index (χ0n) is 11.7. The van der Waals surface area contributed by atoms with Crippen LogP contribution in [-0.4, -0.2) is 24.2 Å². The van der Waals surface area contributed by atoms with Crippen molar-refractivity contribution in [3.05, 3.63) is 46.7 Å². The number of hydrogen-bond donors (Lipinski definition) is 1. The molecule has 110 valence electrons. The van der Waals surface area contributed by atoms with Crippen LogP contribution in [-0.2, 0) is 0 Å². The maximum Gasteiger partial charge on any atom is 0.138 e. The minimum Gasteiger partial charge on any atom is -0.490 e. The Bertz CT molecular complexity index is 636. The van der Waals surface area contributed by atoms with E-state index in [0.717, 1.165) is 29.7 Å². The van der Waals surface area contributed by atoms with Crippen LogP contribution in [0.2, 0.25) is 10.0 Å². The number of nitrogens with zero attached hydrogens (tertiary/aromatic N) is 1. The Kier molecular flexibility index (Phi) is 4.07. The maximum absolute atomic E-state index is 6.24. The fourth-order valence-electron chi connectivity index (χ4n) is 2.25. The summed E-state index contributed by atoms with van der Waals surface area (Å²) in [5.74, 6) is 0.727. The second-order valence-corrected chi connectivity index (χ2v) is 6.14. The first-order valence-electron chi connectivity index (χ1n) is 6.85. The molecule has 0 bridgehead atoms. The Morgan fingerprint density at radius 1 is 1.24 bits per heavy atom. The van der Waals surface area contributed by atoms with E-state index in [2.05, 4.69) is 10.3 Å². The average Bonchev–Trinajstić information content (AvgIpc) is 3.26. The van der Waals surface area contributed by atoms with E-state index in [9.17, 15) is 0 Å². The summed E-state index contributed by atoms with van der Waals surface area (Å²) >= 11 is 12.5. The molecular weight excluding hydrogens is 307 g/mol. The Morgan fingerprint density at radius 2 is 1.95 bits per heavy atom. The average molecular weight is 323 g/mol. The predicted octanol–water partition coefficient (Wildman–Crippen LogP) is 4.19. The van der Waals surface area contributed by atoms with Crippen LogP contribution in [0.15, 0.2) is 36.7 Å². The number of pyridine rings is 1. The lowest BCUT2D eigenvalue weighted by Gasteiger charge is -2.15. The zero-order valence-corrected chi connectivity index (χ0v) is 13.2. The number of rotatable bonds is 5. The van der Waals surface area contributed by atoms with Crippen LogP contribution in [0.4, 0.5) is 0 Å². The molecule has 1 saturated carbocycles. The minimum atomic E-state index is 0.137. The van der Waals surface area contributed by atoms with Gasteiger partial charge in [0.2, 0.25) is 0 Å². The first-order valence-corrected chi connectivity index (χ1v) is 7.60. The summed E-state index contributed by atoms with van der Waals surface area (Å²) in [5.41, 5.74) is 1.78. The van der Waals surface area contributed by atoms with Crippen molar-refractivity contribution in [2.75, 3.05) is 13.7 Å². The van der Waals surface area contributed by atoms with Gasteiger partial charge in [-0.05, 0) is 38.1 Å². The molecule has 0 aliphatic heterocycles. The van der Waals surface area contributed by atoms with Crippen LogP contribution in [0, 0.1) is 0 Å². The normalized spacial score (nSPS) is 15.8.